The van der Waals surface area contributed by atoms with Crippen LogP contribution in [0.1, 0.15) is 31.9 Å². The van der Waals surface area contributed by atoms with Crippen LogP contribution in [0.3, 0.4) is 0 Å². The number of aryl methyl sites for hydroxylation is 2. The second-order valence-electron chi connectivity index (χ2n) is 26.4. The van der Waals surface area contributed by atoms with Gasteiger partial charge >= 0.3 is 5.89 Å². The van der Waals surface area contributed by atoms with E-state index in [0.29, 0.717) is 23.7 Å². The third-order valence-corrected chi connectivity index (χ3v) is 22.0. The van der Waals surface area contributed by atoms with Crippen LogP contribution in [0.15, 0.2) is 268 Å². The van der Waals surface area contributed by atoms with Crippen LogP contribution >= 0.6 is 11.3 Å². The third kappa shape index (κ3) is 8.39. The number of pyridine rings is 10. The first-order valence-electron chi connectivity index (χ1n) is 35.5. The van der Waals surface area contributed by atoms with Gasteiger partial charge in [0, 0.05) is 103 Å². The molecular weight excluding hydrogens is 1300 g/mol. The van der Waals surface area contributed by atoms with Gasteiger partial charge in [-0.15, -0.1) is 0 Å². The molecule has 5 aliphatic rings. The number of oxazole rings is 1. The Balaban J connectivity index is 0.0000000830. The lowest BCUT2D eigenvalue weighted by molar-refractivity contribution is -0.649. The van der Waals surface area contributed by atoms with Gasteiger partial charge < -0.3 is 17.6 Å². The minimum atomic E-state index is -2.30. The van der Waals surface area contributed by atoms with Gasteiger partial charge in [0.05, 0.1) is 112 Å². The second kappa shape index (κ2) is 21.9. The molecule has 25 heterocycles. The van der Waals surface area contributed by atoms with E-state index in [1.54, 1.807) is 12.4 Å². The Morgan fingerprint density at radius 3 is 1.58 bits per heavy atom. The fourth-order valence-electron chi connectivity index (χ4n) is 16.2. The minimum Gasteiger partial charge on any atom is -0.395 e. The molecule has 0 N–H and O–H groups in total. The van der Waals surface area contributed by atoms with E-state index in [1.165, 1.54) is 98.1 Å². The van der Waals surface area contributed by atoms with E-state index < -0.39 is 6.98 Å². The van der Waals surface area contributed by atoms with E-state index in [4.69, 9.17) is 13.5 Å². The van der Waals surface area contributed by atoms with Gasteiger partial charge in [-0.05, 0) is 103 Å². The van der Waals surface area contributed by atoms with Crippen LogP contribution in [0.4, 0.5) is 0 Å². The molecule has 0 atom stereocenters. The number of hydrogen-bond acceptors (Lipinski definition) is 9. The number of benzene rings is 1. The van der Waals surface area contributed by atoms with Gasteiger partial charge in [0.1, 0.15) is 16.9 Å². The maximum Gasteiger partial charge on any atom is 0.382 e. The molecule has 0 unspecified atom stereocenters. The summed E-state index contributed by atoms with van der Waals surface area (Å²) in [5.74, 6) is 4.05. The number of para-hydroxylation sites is 1. The topological polar surface area (TPSA) is 160 Å². The number of thiazole rings is 1. The zero-order valence-electron chi connectivity index (χ0n) is 58.1. The lowest BCUT2D eigenvalue weighted by atomic mass is 10.1. The fourth-order valence-corrected chi connectivity index (χ4v) is 17.5. The monoisotopic (exact) mass is 1360 g/mol. The smallest absolute Gasteiger partial charge is 0.382 e. The van der Waals surface area contributed by atoms with Gasteiger partial charge in [0.15, 0.2) is 29.9 Å². The summed E-state index contributed by atoms with van der Waals surface area (Å²) in [5.41, 5.74) is 27.9. The van der Waals surface area contributed by atoms with Gasteiger partial charge in [-0.1, -0.05) is 59.9 Å². The Labute approximate surface area is 592 Å². The van der Waals surface area contributed by atoms with Crippen LogP contribution in [0.25, 0.3) is 145 Å². The molecule has 21 nitrogen and oxygen atoms in total. The molecule has 5 aliphatic heterocycles. The molecule has 26 rings (SSSR count). The van der Waals surface area contributed by atoms with Crippen molar-refractivity contribution in [3.05, 3.63) is 291 Å². The summed E-state index contributed by atoms with van der Waals surface area (Å²) in [6.45, 7) is 1.78. The van der Waals surface area contributed by atoms with E-state index in [2.05, 4.69) is 210 Å². The molecule has 22 heteroatoms. The summed E-state index contributed by atoms with van der Waals surface area (Å²) < 4.78 is 59.3. The van der Waals surface area contributed by atoms with E-state index >= 15 is 0 Å². The first kappa shape index (κ1) is 54.3. The number of imidazole rings is 5. The van der Waals surface area contributed by atoms with Crippen LogP contribution in [-0.4, -0.2) is 70.6 Å². The zero-order chi connectivity index (χ0) is 70.2. The fraction of sp³-hybridized carbons (Fsp3) is 0.0864. The molecule has 0 aliphatic carbocycles. The minimum absolute atomic E-state index is 0.585. The molecule has 0 saturated heterocycles. The molecule has 490 valence electrons. The predicted molar refractivity (Wildman–Crippen MR) is 390 cm³/mol. The highest BCUT2D eigenvalue weighted by atomic mass is 32.1. The van der Waals surface area contributed by atoms with Crippen molar-refractivity contribution < 1.29 is 31.4 Å². The van der Waals surface area contributed by atoms with Crippen molar-refractivity contribution in [2.45, 2.75) is 32.7 Å². The Bertz CT molecular complexity index is 7080. The summed E-state index contributed by atoms with van der Waals surface area (Å²) >= 11 is 1.88. The maximum absolute atomic E-state index is 8.02. The summed E-state index contributed by atoms with van der Waals surface area (Å²) in [4.78, 5) is 30.5. The van der Waals surface area contributed by atoms with Crippen molar-refractivity contribution >= 4 is 94.1 Å². The van der Waals surface area contributed by atoms with Crippen molar-refractivity contribution in [2.75, 3.05) is 0 Å². The highest BCUT2D eigenvalue weighted by Crippen LogP contribution is 2.40. The largest absolute Gasteiger partial charge is 0.395 e. The van der Waals surface area contributed by atoms with Crippen LogP contribution in [-0.2, 0) is 46.7 Å². The van der Waals surface area contributed by atoms with Crippen LogP contribution in [0.5, 0.6) is 0 Å². The maximum atomic E-state index is 8.02. The lowest BCUT2D eigenvalue weighted by Crippen LogP contribution is -2.31. The summed E-state index contributed by atoms with van der Waals surface area (Å²) in [6, 6.07) is 51.4. The van der Waals surface area contributed by atoms with E-state index in [1.807, 2.05) is 143 Å². The molecule has 20 aromatic heterocycles. The normalized spacial score (nSPS) is 13.5. The van der Waals surface area contributed by atoms with E-state index in [0.717, 1.165) is 88.0 Å². The summed E-state index contributed by atoms with van der Waals surface area (Å²) in [5, 5.41) is 1.36. The molecule has 0 bridgehead atoms. The third-order valence-electron chi connectivity index (χ3n) is 20.7. The van der Waals surface area contributed by atoms with Crippen molar-refractivity contribution in [3.8, 4) is 61.9 Å². The van der Waals surface area contributed by atoms with Gasteiger partial charge in [-0.2, -0.15) is 23.7 Å². The molecule has 0 spiro atoms. The molecule has 0 fully saturated rings. The SMILES string of the molecule is C[n+]1c2n(c3nc4ccccn4c31)Cc1cnccc1-2.[2H]C([2H])([2H])[n+]1c2n(c3nc4ccccn4c31)Cc1cnccc1-2.c1ccc(-n2c3[n+](c4cn5ccccc5c42)Cc2cnccc2-3)cc1.c1ccn2cc3c(oc4[n+]3Cc3cnccc3-4)c2c1.c1ccn2cc3c(sc4[n+]3Cc3cnccc3-4)c2c1. The average molecular weight is 1360 g/mol. The van der Waals surface area contributed by atoms with E-state index in [-0.39, 0.29) is 0 Å². The molecule has 0 radical (unpaired) electrons. The highest BCUT2D eigenvalue weighted by Gasteiger charge is 2.40. The van der Waals surface area contributed by atoms with Crippen molar-refractivity contribution in [1.82, 2.24) is 70.6 Å². The quantitative estimate of drug-likeness (QED) is 0.147. The Hall–Kier alpha value is -13.6. The Morgan fingerprint density at radius 2 is 0.922 bits per heavy atom. The average Bonchev–Trinajstić information content (AvgIpc) is 1.55. The Morgan fingerprint density at radius 1 is 0.437 bits per heavy atom. The molecule has 0 saturated carbocycles. The first-order valence-corrected chi connectivity index (χ1v) is 34.8. The second-order valence-corrected chi connectivity index (χ2v) is 27.3. The van der Waals surface area contributed by atoms with Crippen LogP contribution in [0.2, 0.25) is 0 Å². The first-order chi connectivity index (χ1) is 52.1. The molecule has 0 amide bonds. The van der Waals surface area contributed by atoms with Crippen molar-refractivity contribution in [1.29, 1.82) is 0 Å². The summed E-state index contributed by atoms with van der Waals surface area (Å²) in [6.07, 6.45) is 35.5. The molecular formula is C81H59N20OS+5. The molecule has 21 aromatic rings. The van der Waals surface area contributed by atoms with Crippen molar-refractivity contribution in [2.24, 2.45) is 14.0 Å². The van der Waals surface area contributed by atoms with Crippen LogP contribution < -0.4 is 22.8 Å². The predicted octanol–water partition coefficient (Wildman–Crippen LogP) is 11.9. The van der Waals surface area contributed by atoms with Gasteiger partial charge in [-0.25, -0.2) is 31.6 Å². The Kier molecular flexibility index (Phi) is 11.6. The van der Waals surface area contributed by atoms with Gasteiger partial charge in [-0.3, -0.25) is 24.9 Å². The van der Waals surface area contributed by atoms with Gasteiger partial charge in [0.2, 0.25) is 28.3 Å². The van der Waals surface area contributed by atoms with E-state index in [9.17, 15) is 0 Å². The summed E-state index contributed by atoms with van der Waals surface area (Å²) in [7, 11) is 2.10. The standard InChI is InChI=1S/C21H15N4.2C15H12N5.C15H10N3O.C15H10N3S/c1-2-6-16(7-3-1)25-20-18-8-4-5-11-23(18)14-19(20)24-13-15-12-22-10-9-17(15)21(24)25;2*1-18-14-11-5-6-16-8-10(11)9-20(14)13-15(18)19-7-3-2-4-12(19)17-13;2*1-2-6-17-9-13-14(12(17)3-1)19-15-11-4-5-16-7-10(11)8-18(13)15/h1-12,14H,13H2;2*2-8H,9H2,1H3;2*1-7,9H,8H2/q5*+1/i;1D3;;;. The van der Waals surface area contributed by atoms with Gasteiger partial charge in [0.25, 0.3) is 38.9 Å². The van der Waals surface area contributed by atoms with Crippen LogP contribution in [0, 0.1) is 0 Å². The molecule has 103 heavy (non-hydrogen) atoms. The number of fused-ring (bicyclic) bond motifs is 35. The zero-order valence-corrected chi connectivity index (χ0v) is 55.9. The number of nitrogens with zero attached hydrogens (tertiary/aromatic N) is 20. The molecule has 1 aromatic carbocycles. The number of aromatic nitrogens is 20. The van der Waals surface area contributed by atoms with Crippen molar-refractivity contribution in [3.63, 3.8) is 0 Å². The highest BCUT2D eigenvalue weighted by molar-refractivity contribution is 7.22. The number of rotatable bonds is 1. The lowest BCUT2D eigenvalue weighted by Gasteiger charge is -2.02. The number of hydrogen-bond donors (Lipinski definition) is 0.